The Morgan fingerprint density at radius 2 is 1.81 bits per heavy atom. The third-order valence-electron chi connectivity index (χ3n) is 4.46. The van der Waals surface area contributed by atoms with Crippen molar-refractivity contribution in [2.75, 3.05) is 5.32 Å². The number of hydrogen-bond acceptors (Lipinski definition) is 5. The van der Waals surface area contributed by atoms with Crippen LogP contribution in [0.2, 0.25) is 0 Å². The summed E-state index contributed by atoms with van der Waals surface area (Å²) in [6, 6.07) is 7.52. The molecule has 0 radical (unpaired) electrons. The van der Waals surface area contributed by atoms with Gasteiger partial charge in [0.1, 0.15) is 5.75 Å². The molecular formula is C21H17F3N6O2. The van der Waals surface area contributed by atoms with Crippen LogP contribution >= 0.6 is 0 Å². The van der Waals surface area contributed by atoms with E-state index < -0.39 is 17.6 Å². The first-order chi connectivity index (χ1) is 15.2. The van der Waals surface area contributed by atoms with E-state index in [0.717, 1.165) is 12.1 Å². The van der Waals surface area contributed by atoms with Gasteiger partial charge in [-0.3, -0.25) is 14.2 Å². The van der Waals surface area contributed by atoms with Gasteiger partial charge in [0.15, 0.2) is 0 Å². The second-order valence-electron chi connectivity index (χ2n) is 6.93. The maximum absolute atomic E-state index is 12.8. The quantitative estimate of drug-likeness (QED) is 0.499. The van der Waals surface area contributed by atoms with Crippen molar-refractivity contribution in [3.8, 4) is 22.9 Å². The van der Waals surface area contributed by atoms with E-state index in [1.54, 1.807) is 48.0 Å². The summed E-state index contributed by atoms with van der Waals surface area (Å²) in [5.74, 6) is -0.152. The van der Waals surface area contributed by atoms with Crippen molar-refractivity contribution in [3.05, 3.63) is 72.3 Å². The van der Waals surface area contributed by atoms with Gasteiger partial charge in [-0.2, -0.15) is 23.4 Å². The molecule has 0 aliphatic heterocycles. The van der Waals surface area contributed by atoms with Gasteiger partial charge in [-0.05, 0) is 36.4 Å². The average molecular weight is 442 g/mol. The Hall–Kier alpha value is -4.15. The first-order valence-corrected chi connectivity index (χ1v) is 9.34. The lowest BCUT2D eigenvalue weighted by Crippen LogP contribution is -2.12. The highest BCUT2D eigenvalue weighted by molar-refractivity contribution is 6.04. The van der Waals surface area contributed by atoms with Crippen molar-refractivity contribution in [2.24, 2.45) is 14.1 Å². The first-order valence-electron chi connectivity index (χ1n) is 9.34. The van der Waals surface area contributed by atoms with Crippen LogP contribution in [0.1, 0.15) is 15.9 Å². The van der Waals surface area contributed by atoms with E-state index in [1.807, 2.05) is 0 Å². The summed E-state index contributed by atoms with van der Waals surface area (Å²) in [6.07, 6.45) is 1.73. The molecule has 1 N–H and O–H groups in total. The predicted octanol–water partition coefficient (Wildman–Crippen LogP) is 4.28. The average Bonchev–Trinajstić information content (AvgIpc) is 3.36. The van der Waals surface area contributed by atoms with Crippen LogP contribution in [0.5, 0.6) is 11.6 Å². The second-order valence-corrected chi connectivity index (χ2v) is 6.93. The topological polar surface area (TPSA) is 86.9 Å². The van der Waals surface area contributed by atoms with Crippen molar-refractivity contribution in [2.45, 2.75) is 6.18 Å². The minimum Gasteiger partial charge on any atom is -0.438 e. The smallest absolute Gasteiger partial charge is 0.416 e. The number of rotatable bonds is 5. The summed E-state index contributed by atoms with van der Waals surface area (Å²) < 4.78 is 47.3. The Kier molecular flexibility index (Phi) is 5.39. The monoisotopic (exact) mass is 442 g/mol. The van der Waals surface area contributed by atoms with Crippen LogP contribution < -0.4 is 10.1 Å². The van der Waals surface area contributed by atoms with E-state index in [1.165, 1.54) is 24.5 Å². The van der Waals surface area contributed by atoms with E-state index in [2.05, 4.69) is 20.5 Å². The van der Waals surface area contributed by atoms with Crippen molar-refractivity contribution < 1.29 is 22.7 Å². The number of benzene rings is 1. The van der Waals surface area contributed by atoms with Gasteiger partial charge in [-0.25, -0.2) is 4.98 Å². The number of carbonyl (C=O) groups is 1. The van der Waals surface area contributed by atoms with Crippen molar-refractivity contribution in [1.29, 1.82) is 0 Å². The number of ether oxygens (including phenoxy) is 1. The molecule has 8 nitrogen and oxygen atoms in total. The number of halogens is 3. The largest absolute Gasteiger partial charge is 0.438 e. The molecule has 0 aliphatic rings. The number of pyridine rings is 1. The van der Waals surface area contributed by atoms with E-state index in [-0.39, 0.29) is 17.2 Å². The van der Waals surface area contributed by atoms with Crippen LogP contribution in [0.25, 0.3) is 11.3 Å². The molecule has 11 heteroatoms. The highest BCUT2D eigenvalue weighted by Gasteiger charge is 2.30. The molecule has 4 rings (SSSR count). The Labute approximate surface area is 180 Å². The molecule has 0 spiro atoms. The predicted molar refractivity (Wildman–Crippen MR) is 109 cm³/mol. The fourth-order valence-corrected chi connectivity index (χ4v) is 2.91. The van der Waals surface area contributed by atoms with Gasteiger partial charge in [0.25, 0.3) is 5.91 Å². The summed E-state index contributed by atoms with van der Waals surface area (Å²) in [4.78, 5) is 16.9. The van der Waals surface area contributed by atoms with Crippen LogP contribution in [0.15, 0.2) is 61.2 Å². The number of aromatic nitrogens is 5. The molecule has 0 saturated carbocycles. The highest BCUT2D eigenvalue weighted by Crippen LogP contribution is 2.34. The Morgan fingerprint density at radius 3 is 2.41 bits per heavy atom. The van der Waals surface area contributed by atoms with Crippen LogP contribution in [0, 0.1) is 0 Å². The highest BCUT2D eigenvalue weighted by atomic mass is 19.4. The molecule has 1 amide bonds. The van der Waals surface area contributed by atoms with E-state index in [4.69, 9.17) is 4.74 Å². The zero-order valence-corrected chi connectivity index (χ0v) is 17.0. The lowest BCUT2D eigenvalue weighted by Gasteiger charge is -2.12. The fourth-order valence-electron chi connectivity index (χ4n) is 2.91. The molecule has 0 atom stereocenters. The summed E-state index contributed by atoms with van der Waals surface area (Å²) in [5, 5.41) is 11.0. The molecular weight excluding hydrogens is 425 g/mol. The molecule has 0 unspecified atom stereocenters. The second kappa shape index (κ2) is 8.17. The Morgan fingerprint density at radius 1 is 1.06 bits per heavy atom. The number of alkyl halides is 3. The van der Waals surface area contributed by atoms with Gasteiger partial charge in [-0.1, -0.05) is 0 Å². The van der Waals surface area contributed by atoms with Crippen molar-refractivity contribution >= 4 is 11.6 Å². The van der Waals surface area contributed by atoms with Gasteiger partial charge >= 0.3 is 6.18 Å². The van der Waals surface area contributed by atoms with Crippen LogP contribution in [0.3, 0.4) is 0 Å². The Balaban J connectivity index is 1.65. The minimum absolute atomic E-state index is 0.0985. The van der Waals surface area contributed by atoms with E-state index in [0.29, 0.717) is 16.9 Å². The minimum atomic E-state index is -4.45. The molecule has 3 aromatic heterocycles. The van der Waals surface area contributed by atoms with Crippen molar-refractivity contribution in [1.82, 2.24) is 24.5 Å². The van der Waals surface area contributed by atoms with Crippen LogP contribution in [-0.4, -0.2) is 30.5 Å². The van der Waals surface area contributed by atoms with Crippen LogP contribution in [0.4, 0.5) is 18.9 Å². The third-order valence-corrected chi connectivity index (χ3v) is 4.46. The summed E-state index contributed by atoms with van der Waals surface area (Å²) in [5.41, 5.74) is 0.865. The molecule has 0 fully saturated rings. The number of hydrogen-bond donors (Lipinski definition) is 1. The maximum Gasteiger partial charge on any atom is 0.416 e. The molecule has 164 valence electrons. The standard InChI is InChI=1S/C21H17F3N6O2/c1-29-8-7-18(28-29)17-9-13(19(31)27-15-11-26-30(2)12-15)10-25-20(17)32-16-5-3-14(4-6-16)21(22,23)24/h3-12H,1-2H3,(H,27,31). The fraction of sp³-hybridized carbons (Fsp3) is 0.143. The van der Waals surface area contributed by atoms with Gasteiger partial charge in [0.2, 0.25) is 5.88 Å². The molecule has 4 aromatic rings. The lowest BCUT2D eigenvalue weighted by molar-refractivity contribution is -0.137. The number of amides is 1. The van der Waals surface area contributed by atoms with Gasteiger partial charge in [0, 0.05) is 32.7 Å². The molecule has 0 bridgehead atoms. The summed E-state index contributed by atoms with van der Waals surface area (Å²) in [6.45, 7) is 0. The van der Waals surface area contributed by atoms with Gasteiger partial charge < -0.3 is 10.1 Å². The SMILES string of the molecule is Cn1cc(NC(=O)c2cnc(Oc3ccc(C(F)(F)F)cc3)c(-c3ccn(C)n3)c2)cn1. The maximum atomic E-state index is 12.8. The number of carbonyl (C=O) groups excluding carboxylic acids is 1. The molecule has 0 aliphatic carbocycles. The zero-order valence-electron chi connectivity index (χ0n) is 17.0. The third kappa shape index (κ3) is 4.61. The normalized spacial score (nSPS) is 11.4. The molecule has 32 heavy (non-hydrogen) atoms. The number of aryl methyl sites for hydroxylation is 2. The number of nitrogens with one attached hydrogen (secondary N) is 1. The molecule has 1 aromatic carbocycles. The lowest BCUT2D eigenvalue weighted by atomic mass is 10.1. The zero-order chi connectivity index (χ0) is 22.9. The van der Waals surface area contributed by atoms with Crippen molar-refractivity contribution in [3.63, 3.8) is 0 Å². The first kappa shape index (κ1) is 21.1. The Bertz CT molecular complexity index is 1260. The number of nitrogens with zero attached hydrogens (tertiary/aromatic N) is 5. The summed E-state index contributed by atoms with van der Waals surface area (Å²) >= 11 is 0. The van der Waals surface area contributed by atoms with Gasteiger partial charge in [0.05, 0.1) is 34.3 Å². The summed E-state index contributed by atoms with van der Waals surface area (Å²) in [7, 11) is 3.45. The molecule has 0 saturated heterocycles. The van der Waals surface area contributed by atoms with Gasteiger partial charge in [-0.15, -0.1) is 0 Å². The van der Waals surface area contributed by atoms with Crippen LogP contribution in [-0.2, 0) is 20.3 Å². The number of anilines is 1. The molecule has 3 heterocycles. The van der Waals surface area contributed by atoms with E-state index in [9.17, 15) is 18.0 Å². The van der Waals surface area contributed by atoms with E-state index >= 15 is 0 Å².